The molecule has 0 amide bonds. The maximum absolute atomic E-state index is 12.2. The summed E-state index contributed by atoms with van der Waals surface area (Å²) < 4.78 is 40.6. The lowest BCUT2D eigenvalue weighted by Crippen LogP contribution is -2.17. The van der Waals surface area contributed by atoms with E-state index in [0.29, 0.717) is 17.3 Å². The van der Waals surface area contributed by atoms with E-state index in [-0.39, 0.29) is 10.9 Å². The second kappa shape index (κ2) is 5.18. The molecule has 0 saturated heterocycles. The Kier molecular flexibility index (Phi) is 3.49. The van der Waals surface area contributed by atoms with Crippen LogP contribution in [0.1, 0.15) is 24.5 Å². The summed E-state index contributed by atoms with van der Waals surface area (Å²) in [6.45, 7) is 0. The number of halogens is 4. The maximum Gasteiger partial charge on any atom is 0.573 e. The Morgan fingerprint density at radius 2 is 1.90 bits per heavy atom. The SMILES string of the molecule is FC(F)(F)Oc1cccc(-c2nc(Cl)cc(C3CC3)n2)c1. The maximum atomic E-state index is 12.2. The number of nitrogens with zero attached hydrogens (tertiary/aromatic N) is 2. The molecule has 0 unspecified atom stereocenters. The molecule has 1 fully saturated rings. The number of alkyl halides is 3. The van der Waals surface area contributed by atoms with Gasteiger partial charge in [0.2, 0.25) is 0 Å². The van der Waals surface area contributed by atoms with Gasteiger partial charge in [-0.25, -0.2) is 9.97 Å². The van der Waals surface area contributed by atoms with Crippen molar-refractivity contribution in [3.8, 4) is 17.1 Å². The molecule has 1 saturated carbocycles. The van der Waals surface area contributed by atoms with Gasteiger partial charge in [-0.3, -0.25) is 0 Å². The van der Waals surface area contributed by atoms with E-state index < -0.39 is 6.36 Å². The van der Waals surface area contributed by atoms with Gasteiger partial charge in [-0.1, -0.05) is 23.7 Å². The third-order valence-electron chi connectivity index (χ3n) is 3.04. The molecule has 1 aliphatic carbocycles. The van der Waals surface area contributed by atoms with Gasteiger partial charge >= 0.3 is 6.36 Å². The summed E-state index contributed by atoms with van der Waals surface area (Å²) in [6.07, 6.45) is -2.64. The van der Waals surface area contributed by atoms with Gasteiger partial charge in [0, 0.05) is 17.2 Å². The lowest BCUT2D eigenvalue weighted by molar-refractivity contribution is -0.274. The number of aromatic nitrogens is 2. The largest absolute Gasteiger partial charge is 0.573 e. The van der Waals surface area contributed by atoms with Crippen LogP contribution in [-0.2, 0) is 0 Å². The van der Waals surface area contributed by atoms with Crippen LogP contribution in [0.3, 0.4) is 0 Å². The number of benzene rings is 1. The third kappa shape index (κ3) is 3.64. The van der Waals surface area contributed by atoms with Crippen molar-refractivity contribution in [3.63, 3.8) is 0 Å². The summed E-state index contributed by atoms with van der Waals surface area (Å²) in [6, 6.07) is 7.24. The Morgan fingerprint density at radius 3 is 2.57 bits per heavy atom. The normalized spacial score (nSPS) is 15.0. The Hall–Kier alpha value is -1.82. The Morgan fingerprint density at radius 1 is 1.14 bits per heavy atom. The molecule has 7 heteroatoms. The Bertz CT molecular complexity index is 672. The molecule has 1 aliphatic rings. The van der Waals surface area contributed by atoms with E-state index in [2.05, 4.69) is 14.7 Å². The van der Waals surface area contributed by atoms with E-state index in [1.807, 2.05) is 0 Å². The topological polar surface area (TPSA) is 35.0 Å². The molecule has 0 N–H and O–H groups in total. The van der Waals surface area contributed by atoms with Crippen LogP contribution in [0.4, 0.5) is 13.2 Å². The zero-order valence-corrected chi connectivity index (χ0v) is 11.4. The lowest BCUT2D eigenvalue weighted by Gasteiger charge is -2.10. The zero-order valence-electron chi connectivity index (χ0n) is 10.7. The Balaban J connectivity index is 1.94. The van der Waals surface area contributed by atoms with Gasteiger partial charge in [-0.15, -0.1) is 13.2 Å². The second-order valence-corrected chi connectivity index (χ2v) is 5.18. The Labute approximate surface area is 123 Å². The van der Waals surface area contributed by atoms with Crippen molar-refractivity contribution in [1.82, 2.24) is 9.97 Å². The number of hydrogen-bond acceptors (Lipinski definition) is 3. The molecule has 2 aromatic rings. The second-order valence-electron chi connectivity index (χ2n) is 4.79. The predicted octanol–water partition coefficient (Wildman–Crippen LogP) is 4.57. The van der Waals surface area contributed by atoms with Crippen molar-refractivity contribution >= 4 is 11.6 Å². The first-order valence-corrected chi connectivity index (χ1v) is 6.69. The van der Waals surface area contributed by atoms with E-state index in [1.165, 1.54) is 18.2 Å². The number of rotatable bonds is 3. The molecule has 1 heterocycles. The van der Waals surface area contributed by atoms with Crippen molar-refractivity contribution < 1.29 is 17.9 Å². The summed E-state index contributed by atoms with van der Waals surface area (Å²) in [7, 11) is 0. The minimum Gasteiger partial charge on any atom is -0.406 e. The lowest BCUT2D eigenvalue weighted by atomic mass is 10.2. The van der Waals surface area contributed by atoms with Crippen molar-refractivity contribution in [2.24, 2.45) is 0 Å². The van der Waals surface area contributed by atoms with E-state index in [4.69, 9.17) is 11.6 Å². The highest BCUT2D eigenvalue weighted by molar-refractivity contribution is 6.29. The van der Waals surface area contributed by atoms with Crippen LogP contribution in [0.2, 0.25) is 5.15 Å². The van der Waals surface area contributed by atoms with Crippen LogP contribution in [-0.4, -0.2) is 16.3 Å². The number of ether oxygens (including phenoxy) is 1. The molecular weight excluding hydrogens is 305 g/mol. The molecule has 3 nitrogen and oxygen atoms in total. The van der Waals surface area contributed by atoms with Gasteiger partial charge in [-0.05, 0) is 31.0 Å². The molecule has 1 aromatic heterocycles. The van der Waals surface area contributed by atoms with Gasteiger partial charge in [0.05, 0.1) is 0 Å². The van der Waals surface area contributed by atoms with E-state index in [0.717, 1.165) is 18.5 Å². The summed E-state index contributed by atoms with van der Waals surface area (Å²) in [4.78, 5) is 8.44. The predicted molar refractivity (Wildman–Crippen MR) is 71.1 cm³/mol. The van der Waals surface area contributed by atoms with Crippen LogP contribution in [0.15, 0.2) is 30.3 Å². The molecular formula is C14H10ClF3N2O. The van der Waals surface area contributed by atoms with Crippen molar-refractivity contribution in [2.45, 2.75) is 25.1 Å². The van der Waals surface area contributed by atoms with Crippen LogP contribution in [0, 0.1) is 0 Å². The molecule has 0 atom stereocenters. The number of hydrogen-bond donors (Lipinski definition) is 0. The molecule has 3 rings (SSSR count). The molecule has 1 aromatic carbocycles. The van der Waals surface area contributed by atoms with Gasteiger partial charge in [0.25, 0.3) is 0 Å². The van der Waals surface area contributed by atoms with Crippen LogP contribution in [0.25, 0.3) is 11.4 Å². The minimum absolute atomic E-state index is 0.282. The molecule has 21 heavy (non-hydrogen) atoms. The van der Waals surface area contributed by atoms with Gasteiger partial charge in [0.15, 0.2) is 5.82 Å². The summed E-state index contributed by atoms with van der Waals surface area (Å²) in [5.74, 6) is 0.368. The first kappa shape index (κ1) is 14.1. The first-order chi connectivity index (χ1) is 9.90. The smallest absolute Gasteiger partial charge is 0.406 e. The average Bonchev–Trinajstić information content (AvgIpc) is 3.20. The standard InChI is InChI=1S/C14H10ClF3N2O/c15-12-7-11(8-4-5-8)19-13(20-12)9-2-1-3-10(6-9)21-14(16,17)18/h1-3,6-8H,4-5H2. The summed E-state index contributed by atoms with van der Waals surface area (Å²) in [5, 5.41) is 0.282. The van der Waals surface area contributed by atoms with E-state index in [9.17, 15) is 13.2 Å². The minimum atomic E-state index is -4.73. The van der Waals surface area contributed by atoms with E-state index >= 15 is 0 Å². The highest BCUT2D eigenvalue weighted by Crippen LogP contribution is 2.40. The van der Waals surface area contributed by atoms with E-state index in [1.54, 1.807) is 12.1 Å². The van der Waals surface area contributed by atoms with Gasteiger partial charge in [0.1, 0.15) is 10.9 Å². The van der Waals surface area contributed by atoms with Gasteiger partial charge in [-0.2, -0.15) is 0 Å². The highest BCUT2D eigenvalue weighted by Gasteiger charge is 2.31. The molecule has 0 spiro atoms. The van der Waals surface area contributed by atoms with Crippen molar-refractivity contribution in [3.05, 3.63) is 41.2 Å². The third-order valence-corrected chi connectivity index (χ3v) is 3.23. The summed E-state index contributed by atoms with van der Waals surface area (Å²) in [5.41, 5.74) is 1.26. The quantitative estimate of drug-likeness (QED) is 0.778. The first-order valence-electron chi connectivity index (χ1n) is 6.31. The average molecular weight is 315 g/mol. The van der Waals surface area contributed by atoms with Crippen LogP contribution >= 0.6 is 11.6 Å². The molecule has 0 radical (unpaired) electrons. The molecule has 0 aliphatic heterocycles. The fraction of sp³-hybridized carbons (Fsp3) is 0.286. The van der Waals surface area contributed by atoms with Crippen molar-refractivity contribution in [2.75, 3.05) is 0 Å². The van der Waals surface area contributed by atoms with Gasteiger partial charge < -0.3 is 4.74 Å². The highest BCUT2D eigenvalue weighted by atomic mass is 35.5. The van der Waals surface area contributed by atoms with Crippen molar-refractivity contribution in [1.29, 1.82) is 0 Å². The molecule has 0 bridgehead atoms. The van der Waals surface area contributed by atoms with Crippen LogP contribution in [0.5, 0.6) is 5.75 Å². The van der Waals surface area contributed by atoms with Crippen LogP contribution < -0.4 is 4.74 Å². The summed E-state index contributed by atoms with van der Waals surface area (Å²) >= 11 is 5.96. The monoisotopic (exact) mass is 314 g/mol. The molecule has 110 valence electrons. The fourth-order valence-corrected chi connectivity index (χ4v) is 2.18. The zero-order chi connectivity index (χ0) is 15.0. The fourth-order valence-electron chi connectivity index (χ4n) is 1.98.